The predicted molar refractivity (Wildman–Crippen MR) is 84.9 cm³/mol. The molecule has 2 aromatic rings. The topological polar surface area (TPSA) is 20.3 Å². The van der Waals surface area contributed by atoms with Gasteiger partial charge in [0.1, 0.15) is 0 Å². The number of rotatable bonds is 1. The first-order chi connectivity index (χ1) is 9.70. The Morgan fingerprint density at radius 3 is 2.45 bits per heavy atom. The van der Waals surface area contributed by atoms with E-state index in [2.05, 4.69) is 30.5 Å². The molecule has 0 aromatic heterocycles. The maximum atomic E-state index is 12.2. The van der Waals surface area contributed by atoms with E-state index in [1.807, 2.05) is 23.1 Å². The van der Waals surface area contributed by atoms with E-state index in [-0.39, 0.29) is 5.91 Å². The van der Waals surface area contributed by atoms with Crippen LogP contribution in [0.15, 0.2) is 47.4 Å². The van der Waals surface area contributed by atoms with Crippen molar-refractivity contribution in [2.75, 3.05) is 11.2 Å². The van der Waals surface area contributed by atoms with Crippen molar-refractivity contribution in [3.05, 3.63) is 53.6 Å². The Kier molecular flexibility index (Phi) is 3.53. The van der Waals surface area contributed by atoms with E-state index in [4.69, 9.17) is 0 Å². The second-order valence-corrected chi connectivity index (χ2v) is 5.86. The van der Waals surface area contributed by atoms with Crippen LogP contribution in [-0.2, 0) is 17.6 Å². The molecule has 1 heterocycles. The molecule has 1 aliphatic heterocycles. The van der Waals surface area contributed by atoms with E-state index in [1.54, 1.807) is 18.7 Å². The molecule has 3 rings (SSSR count). The van der Waals surface area contributed by atoms with Crippen LogP contribution in [0.1, 0.15) is 18.1 Å². The van der Waals surface area contributed by atoms with Crippen LogP contribution < -0.4 is 4.90 Å². The number of thioether (sulfide) groups is 1. The number of nitrogens with zero attached hydrogens (tertiary/aromatic N) is 1. The Balaban J connectivity index is 2.22. The molecule has 0 saturated heterocycles. The number of fused-ring (bicyclic) bond motifs is 2. The van der Waals surface area contributed by atoms with Gasteiger partial charge in [0.05, 0.1) is 11.4 Å². The summed E-state index contributed by atoms with van der Waals surface area (Å²) in [7, 11) is 0. The van der Waals surface area contributed by atoms with Crippen LogP contribution in [0.5, 0.6) is 0 Å². The van der Waals surface area contributed by atoms with E-state index >= 15 is 0 Å². The van der Waals surface area contributed by atoms with Gasteiger partial charge in [-0.3, -0.25) is 9.69 Å². The summed E-state index contributed by atoms with van der Waals surface area (Å²) in [5, 5.41) is 0. The maximum Gasteiger partial charge on any atom is 0.228 e. The molecular weight excluding hydrogens is 266 g/mol. The molecule has 1 amide bonds. The standard InChI is InChI=1S/C17H17NOS/c1-12(19)18-16-6-4-3-5-13(16)7-8-14-9-10-15(20-2)11-17(14)18/h3-6,9-11H,7-8H2,1-2H3. The Hall–Kier alpha value is -1.74. The van der Waals surface area contributed by atoms with Crippen LogP contribution in [-0.4, -0.2) is 12.2 Å². The third-order valence-corrected chi connectivity index (χ3v) is 4.47. The van der Waals surface area contributed by atoms with Crippen LogP contribution >= 0.6 is 11.8 Å². The number of anilines is 2. The fourth-order valence-corrected chi connectivity index (χ4v) is 3.20. The first kappa shape index (κ1) is 13.3. The van der Waals surface area contributed by atoms with Gasteiger partial charge in [0.15, 0.2) is 0 Å². The Bertz CT molecular complexity index is 666. The van der Waals surface area contributed by atoms with E-state index in [0.717, 1.165) is 24.2 Å². The molecule has 1 aliphatic rings. The molecule has 0 radical (unpaired) electrons. The molecule has 2 aromatic carbocycles. The molecule has 0 aliphatic carbocycles. The van der Waals surface area contributed by atoms with Gasteiger partial charge in [0, 0.05) is 11.8 Å². The zero-order valence-corrected chi connectivity index (χ0v) is 12.5. The minimum Gasteiger partial charge on any atom is -0.281 e. The lowest BCUT2D eigenvalue weighted by molar-refractivity contribution is -0.115. The minimum absolute atomic E-state index is 0.0684. The second-order valence-electron chi connectivity index (χ2n) is 4.98. The maximum absolute atomic E-state index is 12.2. The summed E-state index contributed by atoms with van der Waals surface area (Å²) in [4.78, 5) is 15.2. The van der Waals surface area contributed by atoms with E-state index < -0.39 is 0 Å². The summed E-state index contributed by atoms with van der Waals surface area (Å²) >= 11 is 1.71. The highest BCUT2D eigenvalue weighted by atomic mass is 32.2. The zero-order valence-electron chi connectivity index (χ0n) is 11.7. The smallest absolute Gasteiger partial charge is 0.228 e. The summed E-state index contributed by atoms with van der Waals surface area (Å²) in [6, 6.07) is 14.6. The number of hydrogen-bond donors (Lipinski definition) is 0. The molecular formula is C17H17NOS. The summed E-state index contributed by atoms with van der Waals surface area (Å²) in [5.41, 5.74) is 4.55. The normalized spacial score (nSPS) is 13.4. The molecule has 0 atom stereocenters. The third kappa shape index (κ3) is 2.22. The van der Waals surface area contributed by atoms with E-state index in [9.17, 15) is 4.79 Å². The van der Waals surface area contributed by atoms with Gasteiger partial charge < -0.3 is 0 Å². The van der Waals surface area contributed by atoms with Gasteiger partial charge in [0.25, 0.3) is 0 Å². The molecule has 20 heavy (non-hydrogen) atoms. The summed E-state index contributed by atoms with van der Waals surface area (Å²) in [5.74, 6) is 0.0684. The lowest BCUT2D eigenvalue weighted by atomic mass is 10.0. The third-order valence-electron chi connectivity index (χ3n) is 3.74. The average Bonchev–Trinajstić information content (AvgIpc) is 2.62. The van der Waals surface area contributed by atoms with Crippen molar-refractivity contribution in [2.45, 2.75) is 24.7 Å². The molecule has 102 valence electrons. The molecule has 0 N–H and O–H groups in total. The van der Waals surface area contributed by atoms with Gasteiger partial charge >= 0.3 is 0 Å². The number of carbonyl (C=O) groups is 1. The zero-order chi connectivity index (χ0) is 14.1. The minimum atomic E-state index is 0.0684. The van der Waals surface area contributed by atoms with Crippen LogP contribution in [0.2, 0.25) is 0 Å². The van der Waals surface area contributed by atoms with Crippen LogP contribution in [0.3, 0.4) is 0 Å². The molecule has 0 bridgehead atoms. The van der Waals surface area contributed by atoms with Crippen LogP contribution in [0.25, 0.3) is 0 Å². The van der Waals surface area contributed by atoms with Gasteiger partial charge in [-0.15, -0.1) is 11.8 Å². The monoisotopic (exact) mass is 283 g/mol. The van der Waals surface area contributed by atoms with E-state index in [0.29, 0.717) is 0 Å². The van der Waals surface area contributed by atoms with Crippen molar-refractivity contribution >= 4 is 29.0 Å². The van der Waals surface area contributed by atoms with Gasteiger partial charge in [-0.1, -0.05) is 24.3 Å². The van der Waals surface area contributed by atoms with Crippen molar-refractivity contribution in [1.82, 2.24) is 0 Å². The first-order valence-electron chi connectivity index (χ1n) is 6.76. The summed E-state index contributed by atoms with van der Waals surface area (Å²) < 4.78 is 0. The van der Waals surface area contributed by atoms with Gasteiger partial charge in [0.2, 0.25) is 5.91 Å². The van der Waals surface area contributed by atoms with Crippen molar-refractivity contribution < 1.29 is 4.79 Å². The molecule has 2 nitrogen and oxygen atoms in total. The fourth-order valence-electron chi connectivity index (χ4n) is 2.77. The van der Waals surface area contributed by atoms with Gasteiger partial charge in [-0.2, -0.15) is 0 Å². The summed E-state index contributed by atoms with van der Waals surface area (Å²) in [6.45, 7) is 1.64. The van der Waals surface area contributed by atoms with Crippen LogP contribution in [0.4, 0.5) is 11.4 Å². The summed E-state index contributed by atoms with van der Waals surface area (Å²) in [6.07, 6.45) is 4.01. The predicted octanol–water partition coefficient (Wildman–Crippen LogP) is 4.19. The van der Waals surface area contributed by atoms with E-state index in [1.165, 1.54) is 16.0 Å². The second kappa shape index (κ2) is 5.33. The Morgan fingerprint density at radius 2 is 1.75 bits per heavy atom. The van der Waals surface area contributed by atoms with Gasteiger partial charge in [-0.05, 0) is 48.4 Å². The molecule has 0 unspecified atom stereocenters. The largest absolute Gasteiger partial charge is 0.281 e. The quantitative estimate of drug-likeness (QED) is 0.731. The highest BCUT2D eigenvalue weighted by molar-refractivity contribution is 7.98. The number of hydrogen-bond acceptors (Lipinski definition) is 2. The lowest BCUT2D eigenvalue weighted by Crippen LogP contribution is -2.23. The van der Waals surface area contributed by atoms with Crippen LogP contribution in [0, 0.1) is 0 Å². The molecule has 0 saturated carbocycles. The lowest BCUT2D eigenvalue weighted by Gasteiger charge is -2.24. The highest BCUT2D eigenvalue weighted by Gasteiger charge is 2.23. The van der Waals surface area contributed by atoms with Gasteiger partial charge in [-0.25, -0.2) is 0 Å². The number of carbonyl (C=O) groups excluding carboxylic acids is 1. The van der Waals surface area contributed by atoms with Crippen molar-refractivity contribution in [2.24, 2.45) is 0 Å². The highest BCUT2D eigenvalue weighted by Crippen LogP contribution is 2.37. The van der Waals surface area contributed by atoms with Crippen molar-refractivity contribution in [1.29, 1.82) is 0 Å². The SMILES string of the molecule is CSc1ccc2c(c1)N(C(C)=O)c1ccccc1CC2. The van der Waals surface area contributed by atoms with Crippen molar-refractivity contribution in [3.8, 4) is 0 Å². The first-order valence-corrected chi connectivity index (χ1v) is 7.98. The van der Waals surface area contributed by atoms with Crippen molar-refractivity contribution in [3.63, 3.8) is 0 Å². The average molecular weight is 283 g/mol. The number of aryl methyl sites for hydroxylation is 2. The number of amides is 1. The number of benzene rings is 2. The molecule has 0 spiro atoms. The fraction of sp³-hybridized carbons (Fsp3) is 0.235. The Morgan fingerprint density at radius 1 is 1.05 bits per heavy atom. The Labute approximate surface area is 123 Å². The molecule has 3 heteroatoms. The number of para-hydroxylation sites is 1. The molecule has 0 fully saturated rings.